The van der Waals surface area contributed by atoms with Crippen molar-refractivity contribution in [2.75, 3.05) is 6.61 Å². The summed E-state index contributed by atoms with van der Waals surface area (Å²) in [5.41, 5.74) is 2.30. The van der Waals surface area contributed by atoms with Crippen LogP contribution in [0, 0.1) is 0 Å². The van der Waals surface area contributed by atoms with Crippen LogP contribution in [-0.4, -0.2) is 16.6 Å². The van der Waals surface area contributed by atoms with E-state index in [1.165, 1.54) is 19.3 Å². The SMILES string of the molecule is CCOc1nc(C2CCC2)nc2c1CNC2. The maximum absolute atomic E-state index is 5.62. The summed E-state index contributed by atoms with van der Waals surface area (Å²) in [5.74, 6) is 2.38. The Bertz CT molecular complexity index is 401. The van der Waals surface area contributed by atoms with Crippen molar-refractivity contribution in [2.24, 2.45) is 0 Å². The highest BCUT2D eigenvalue weighted by molar-refractivity contribution is 5.34. The van der Waals surface area contributed by atoms with Gasteiger partial charge in [-0.25, -0.2) is 4.98 Å². The number of hydrogen-bond donors (Lipinski definition) is 1. The van der Waals surface area contributed by atoms with Gasteiger partial charge in [0.15, 0.2) is 0 Å². The Balaban J connectivity index is 1.98. The van der Waals surface area contributed by atoms with E-state index in [0.717, 1.165) is 36.1 Å². The molecule has 0 atom stereocenters. The molecule has 1 aliphatic heterocycles. The van der Waals surface area contributed by atoms with Gasteiger partial charge < -0.3 is 10.1 Å². The number of nitrogens with one attached hydrogen (secondary N) is 1. The minimum atomic E-state index is 0.574. The van der Waals surface area contributed by atoms with Gasteiger partial charge in [-0.2, -0.15) is 4.98 Å². The highest BCUT2D eigenvalue weighted by atomic mass is 16.5. The van der Waals surface area contributed by atoms with E-state index < -0.39 is 0 Å². The molecule has 0 saturated heterocycles. The molecule has 0 aromatic carbocycles. The van der Waals surface area contributed by atoms with Crippen LogP contribution >= 0.6 is 0 Å². The zero-order chi connectivity index (χ0) is 11.0. The van der Waals surface area contributed by atoms with Gasteiger partial charge in [0.1, 0.15) is 5.82 Å². The van der Waals surface area contributed by atoms with E-state index in [-0.39, 0.29) is 0 Å². The van der Waals surface area contributed by atoms with Crippen LogP contribution in [0.25, 0.3) is 0 Å². The van der Waals surface area contributed by atoms with Gasteiger partial charge in [0.25, 0.3) is 0 Å². The van der Waals surface area contributed by atoms with Gasteiger partial charge in [0, 0.05) is 19.0 Å². The molecule has 86 valence electrons. The molecule has 1 aliphatic carbocycles. The fourth-order valence-electron chi connectivity index (χ4n) is 2.26. The Morgan fingerprint density at radius 1 is 1.31 bits per heavy atom. The lowest BCUT2D eigenvalue weighted by molar-refractivity contribution is 0.315. The largest absolute Gasteiger partial charge is 0.478 e. The van der Waals surface area contributed by atoms with Crippen molar-refractivity contribution in [2.45, 2.75) is 45.2 Å². The maximum atomic E-state index is 5.62. The van der Waals surface area contributed by atoms with Crippen molar-refractivity contribution in [3.8, 4) is 5.88 Å². The van der Waals surface area contributed by atoms with Crippen LogP contribution in [0.3, 0.4) is 0 Å². The van der Waals surface area contributed by atoms with Crippen LogP contribution in [0.15, 0.2) is 0 Å². The molecule has 1 aromatic heterocycles. The first-order chi connectivity index (χ1) is 7.88. The molecule has 3 rings (SSSR count). The van der Waals surface area contributed by atoms with Crippen molar-refractivity contribution in [1.29, 1.82) is 0 Å². The van der Waals surface area contributed by atoms with Gasteiger partial charge in [0.05, 0.1) is 17.9 Å². The van der Waals surface area contributed by atoms with E-state index in [9.17, 15) is 0 Å². The van der Waals surface area contributed by atoms with Crippen molar-refractivity contribution in [1.82, 2.24) is 15.3 Å². The first-order valence-electron chi connectivity index (χ1n) is 6.11. The molecule has 0 bridgehead atoms. The van der Waals surface area contributed by atoms with Crippen LogP contribution in [0.5, 0.6) is 5.88 Å². The molecule has 4 nitrogen and oxygen atoms in total. The van der Waals surface area contributed by atoms with E-state index in [0.29, 0.717) is 12.5 Å². The molecule has 1 aromatic rings. The van der Waals surface area contributed by atoms with E-state index in [2.05, 4.69) is 15.3 Å². The number of hydrogen-bond acceptors (Lipinski definition) is 4. The monoisotopic (exact) mass is 219 g/mol. The number of ether oxygens (including phenoxy) is 1. The van der Waals surface area contributed by atoms with E-state index >= 15 is 0 Å². The minimum absolute atomic E-state index is 0.574. The Labute approximate surface area is 95.4 Å². The van der Waals surface area contributed by atoms with Crippen molar-refractivity contribution in [3.05, 3.63) is 17.1 Å². The van der Waals surface area contributed by atoms with E-state index in [4.69, 9.17) is 4.74 Å². The van der Waals surface area contributed by atoms with E-state index in [1.54, 1.807) is 0 Å². The van der Waals surface area contributed by atoms with Crippen LogP contribution in [-0.2, 0) is 13.1 Å². The molecule has 1 saturated carbocycles. The predicted octanol–water partition coefficient (Wildman–Crippen LogP) is 1.75. The molecule has 16 heavy (non-hydrogen) atoms. The Kier molecular flexibility index (Phi) is 2.52. The van der Waals surface area contributed by atoms with Crippen molar-refractivity contribution in [3.63, 3.8) is 0 Å². The summed E-state index contributed by atoms with van der Waals surface area (Å²) in [6, 6.07) is 0. The minimum Gasteiger partial charge on any atom is -0.478 e. The van der Waals surface area contributed by atoms with Gasteiger partial charge in [-0.15, -0.1) is 0 Å². The lowest BCUT2D eigenvalue weighted by Gasteiger charge is -2.24. The standard InChI is InChI=1S/C12H17N3O/c1-2-16-12-9-6-13-7-10(9)14-11(15-12)8-4-3-5-8/h8,13H,2-7H2,1H3. The summed E-state index contributed by atoms with van der Waals surface area (Å²) >= 11 is 0. The molecule has 0 unspecified atom stereocenters. The number of rotatable bonds is 3. The molecule has 0 amide bonds. The number of nitrogens with zero attached hydrogens (tertiary/aromatic N) is 2. The zero-order valence-electron chi connectivity index (χ0n) is 9.62. The van der Waals surface area contributed by atoms with Gasteiger partial charge in [-0.3, -0.25) is 0 Å². The first-order valence-corrected chi connectivity index (χ1v) is 6.11. The Morgan fingerprint density at radius 3 is 2.88 bits per heavy atom. The summed E-state index contributed by atoms with van der Waals surface area (Å²) in [6.45, 7) is 4.38. The molecular weight excluding hydrogens is 202 g/mol. The van der Waals surface area contributed by atoms with Crippen molar-refractivity contribution >= 4 is 0 Å². The molecule has 0 radical (unpaired) electrons. The predicted molar refractivity (Wildman–Crippen MR) is 60.3 cm³/mol. The third-order valence-corrected chi connectivity index (χ3v) is 3.42. The summed E-state index contributed by atoms with van der Waals surface area (Å²) < 4.78 is 5.62. The van der Waals surface area contributed by atoms with Crippen LogP contribution in [0.4, 0.5) is 0 Å². The van der Waals surface area contributed by atoms with Gasteiger partial charge in [0.2, 0.25) is 5.88 Å². The molecule has 2 aliphatic rings. The average Bonchev–Trinajstić information content (AvgIpc) is 2.63. The maximum Gasteiger partial charge on any atom is 0.221 e. The normalized spacial score (nSPS) is 19.3. The second kappa shape index (κ2) is 4.01. The average molecular weight is 219 g/mol. The molecule has 1 fully saturated rings. The number of aromatic nitrogens is 2. The van der Waals surface area contributed by atoms with Gasteiger partial charge >= 0.3 is 0 Å². The lowest BCUT2D eigenvalue weighted by atomic mass is 9.85. The fourth-order valence-corrected chi connectivity index (χ4v) is 2.26. The number of fused-ring (bicyclic) bond motifs is 1. The lowest BCUT2D eigenvalue weighted by Crippen LogP contribution is -2.15. The third-order valence-electron chi connectivity index (χ3n) is 3.42. The Morgan fingerprint density at radius 2 is 2.19 bits per heavy atom. The summed E-state index contributed by atoms with van der Waals surface area (Å²) in [6.07, 6.45) is 3.78. The molecular formula is C12H17N3O. The van der Waals surface area contributed by atoms with E-state index in [1.807, 2.05) is 6.92 Å². The highest BCUT2D eigenvalue weighted by Gasteiger charge is 2.26. The third kappa shape index (κ3) is 1.57. The fraction of sp³-hybridized carbons (Fsp3) is 0.667. The highest BCUT2D eigenvalue weighted by Crippen LogP contribution is 2.36. The second-order valence-corrected chi connectivity index (χ2v) is 4.48. The Hall–Kier alpha value is -1.16. The smallest absolute Gasteiger partial charge is 0.221 e. The molecule has 4 heteroatoms. The quantitative estimate of drug-likeness (QED) is 0.841. The first kappa shape index (κ1) is 10.0. The topological polar surface area (TPSA) is 47.0 Å². The van der Waals surface area contributed by atoms with Crippen LogP contribution in [0.1, 0.15) is 49.2 Å². The second-order valence-electron chi connectivity index (χ2n) is 4.48. The molecule has 0 spiro atoms. The molecule has 2 heterocycles. The van der Waals surface area contributed by atoms with Crippen LogP contribution < -0.4 is 10.1 Å². The van der Waals surface area contributed by atoms with Crippen LogP contribution in [0.2, 0.25) is 0 Å². The summed E-state index contributed by atoms with van der Waals surface area (Å²) in [4.78, 5) is 9.25. The zero-order valence-corrected chi connectivity index (χ0v) is 9.62. The van der Waals surface area contributed by atoms with Gasteiger partial charge in [-0.1, -0.05) is 6.42 Å². The van der Waals surface area contributed by atoms with Crippen molar-refractivity contribution < 1.29 is 4.74 Å². The molecule has 1 N–H and O–H groups in total. The summed E-state index contributed by atoms with van der Waals surface area (Å²) in [5, 5.41) is 3.31. The summed E-state index contributed by atoms with van der Waals surface area (Å²) in [7, 11) is 0. The van der Waals surface area contributed by atoms with Gasteiger partial charge in [-0.05, 0) is 19.8 Å².